The summed E-state index contributed by atoms with van der Waals surface area (Å²) in [5, 5.41) is 23.1. The number of aromatic amines is 1. The molecule has 0 aliphatic heterocycles. The number of carbonyl (C=O) groups is 1. The van der Waals surface area contributed by atoms with Crippen LogP contribution in [0.5, 0.6) is 5.75 Å². The van der Waals surface area contributed by atoms with E-state index in [4.69, 9.17) is 11.6 Å². The lowest BCUT2D eigenvalue weighted by atomic mass is 9.92. The first-order valence-corrected chi connectivity index (χ1v) is 15.3. The van der Waals surface area contributed by atoms with Gasteiger partial charge >= 0.3 is 0 Å². The number of hydrogen-bond donors (Lipinski definition) is 3. The van der Waals surface area contributed by atoms with E-state index in [0.29, 0.717) is 35.0 Å². The van der Waals surface area contributed by atoms with Crippen LogP contribution >= 0.6 is 11.6 Å². The molecule has 39 heavy (non-hydrogen) atoms. The summed E-state index contributed by atoms with van der Waals surface area (Å²) in [6, 6.07) is 5.34. The summed E-state index contributed by atoms with van der Waals surface area (Å²) in [6.45, 7) is 8.78. The van der Waals surface area contributed by atoms with Gasteiger partial charge in [-0.25, -0.2) is 0 Å². The highest BCUT2D eigenvalue weighted by atomic mass is 35.5. The second kappa shape index (κ2) is 15.3. The molecule has 0 aliphatic rings. The van der Waals surface area contributed by atoms with Crippen molar-refractivity contribution in [1.29, 1.82) is 0 Å². The van der Waals surface area contributed by atoms with Gasteiger partial charge in [-0.1, -0.05) is 122 Å². The second-order valence-electron chi connectivity index (χ2n) is 11.8. The number of aromatic nitrogens is 4. The van der Waals surface area contributed by atoms with Gasteiger partial charge in [0, 0.05) is 18.4 Å². The number of rotatable bonds is 17. The molecule has 0 saturated carbocycles. The first kappa shape index (κ1) is 31.0. The van der Waals surface area contributed by atoms with E-state index in [2.05, 4.69) is 27.4 Å². The van der Waals surface area contributed by atoms with Crippen LogP contribution in [-0.4, -0.2) is 30.8 Å². The molecule has 3 rings (SSSR count). The summed E-state index contributed by atoms with van der Waals surface area (Å²) in [7, 11) is 0. The number of benzene rings is 1. The standard InChI is InChI=1S/C31H48ClN5O2/c1-5-6-7-8-9-10-11-12-13-14-15-16-17-18-26(39)33-22-23-19-20-24(25(38)21-23)29-34-30-27(32)28(31(2,3)4)35-37(30)36-29/h19-21,38H,5-18,22H2,1-4H3,(H,33,39)(H,34,36). The Morgan fingerprint density at radius 1 is 0.949 bits per heavy atom. The first-order valence-electron chi connectivity index (χ1n) is 14.9. The SMILES string of the molecule is CCCCCCCCCCCCCCCC(=O)NCc1ccc(-c2nn3nc(C(C)(C)C)c(Cl)c3[nH]2)c(O)c1. The minimum atomic E-state index is -0.202. The monoisotopic (exact) mass is 557 g/mol. The number of carbonyl (C=O) groups excluding carboxylic acids is 1. The van der Waals surface area contributed by atoms with Gasteiger partial charge in [0.15, 0.2) is 11.5 Å². The third-order valence-electron chi connectivity index (χ3n) is 7.27. The largest absolute Gasteiger partial charge is 0.507 e. The Morgan fingerprint density at radius 2 is 1.54 bits per heavy atom. The minimum absolute atomic E-state index is 0.0539. The lowest BCUT2D eigenvalue weighted by Crippen LogP contribution is -2.22. The van der Waals surface area contributed by atoms with E-state index in [1.54, 1.807) is 12.1 Å². The number of phenolic OH excluding ortho intramolecular Hbond substituents is 1. The highest BCUT2D eigenvalue weighted by Gasteiger charge is 2.25. The van der Waals surface area contributed by atoms with E-state index in [0.717, 1.165) is 24.1 Å². The number of unbranched alkanes of at least 4 members (excludes halogenated alkanes) is 12. The Hall–Kier alpha value is -2.54. The number of nitrogens with zero attached hydrogens (tertiary/aromatic N) is 3. The highest BCUT2D eigenvalue weighted by Crippen LogP contribution is 2.33. The third kappa shape index (κ3) is 9.55. The maximum atomic E-state index is 12.3. The smallest absolute Gasteiger partial charge is 0.220 e. The predicted molar refractivity (Wildman–Crippen MR) is 160 cm³/mol. The Morgan fingerprint density at radius 3 is 2.08 bits per heavy atom. The number of phenols is 1. The number of hydrogen-bond acceptors (Lipinski definition) is 4. The van der Waals surface area contributed by atoms with E-state index >= 15 is 0 Å². The zero-order valence-electron chi connectivity index (χ0n) is 24.4. The van der Waals surface area contributed by atoms with Gasteiger partial charge in [0.25, 0.3) is 0 Å². The quantitative estimate of drug-likeness (QED) is 0.145. The fourth-order valence-corrected chi connectivity index (χ4v) is 5.32. The molecule has 1 aromatic carbocycles. The van der Waals surface area contributed by atoms with Crippen LogP contribution in [0.3, 0.4) is 0 Å². The molecule has 3 N–H and O–H groups in total. The molecule has 0 bridgehead atoms. The van der Waals surface area contributed by atoms with Gasteiger partial charge in [0.1, 0.15) is 10.8 Å². The number of nitrogens with one attached hydrogen (secondary N) is 2. The van der Waals surface area contributed by atoms with Crippen molar-refractivity contribution in [1.82, 2.24) is 25.1 Å². The first-order chi connectivity index (χ1) is 18.7. The second-order valence-corrected chi connectivity index (χ2v) is 12.2. The fraction of sp³-hybridized carbons (Fsp3) is 0.645. The van der Waals surface area contributed by atoms with Crippen LogP contribution in [0.4, 0.5) is 0 Å². The molecule has 0 atom stereocenters. The number of halogens is 1. The van der Waals surface area contributed by atoms with Gasteiger partial charge in [-0.05, 0) is 24.1 Å². The fourth-order valence-electron chi connectivity index (χ4n) is 4.88. The summed E-state index contributed by atoms with van der Waals surface area (Å²) in [5.74, 6) is 0.621. The normalized spacial score (nSPS) is 11.9. The molecule has 216 valence electrons. The molecule has 0 radical (unpaired) electrons. The van der Waals surface area contributed by atoms with Crippen LogP contribution in [0.2, 0.25) is 5.02 Å². The molecule has 1 amide bonds. The topological polar surface area (TPSA) is 95.3 Å². The van der Waals surface area contributed by atoms with Gasteiger partial charge < -0.3 is 15.4 Å². The third-order valence-corrected chi connectivity index (χ3v) is 7.62. The van der Waals surface area contributed by atoms with Crippen LogP contribution in [0.15, 0.2) is 18.2 Å². The van der Waals surface area contributed by atoms with Crippen molar-refractivity contribution in [2.75, 3.05) is 0 Å². The van der Waals surface area contributed by atoms with Crippen molar-refractivity contribution in [2.45, 2.75) is 130 Å². The van der Waals surface area contributed by atoms with Crippen LogP contribution in [0, 0.1) is 0 Å². The van der Waals surface area contributed by atoms with Crippen molar-refractivity contribution < 1.29 is 9.90 Å². The molecule has 7 nitrogen and oxygen atoms in total. The van der Waals surface area contributed by atoms with E-state index in [-0.39, 0.29) is 17.1 Å². The van der Waals surface area contributed by atoms with Crippen molar-refractivity contribution in [3.63, 3.8) is 0 Å². The summed E-state index contributed by atoms with van der Waals surface area (Å²) in [6.07, 6.45) is 17.4. The average molecular weight is 558 g/mol. The van der Waals surface area contributed by atoms with Gasteiger partial charge in [-0.15, -0.1) is 9.73 Å². The summed E-state index contributed by atoms with van der Waals surface area (Å²) < 4.78 is 1.47. The lowest BCUT2D eigenvalue weighted by Gasteiger charge is -2.14. The molecule has 3 aromatic rings. The Labute approximate surface area is 239 Å². The predicted octanol–water partition coefficient (Wildman–Crippen LogP) is 8.48. The van der Waals surface area contributed by atoms with Crippen molar-refractivity contribution in [3.8, 4) is 17.1 Å². The Bertz CT molecular complexity index is 1180. The van der Waals surface area contributed by atoms with E-state index in [1.165, 1.54) is 75.3 Å². The molecule has 0 spiro atoms. The molecule has 0 unspecified atom stereocenters. The van der Waals surface area contributed by atoms with E-state index < -0.39 is 0 Å². The molecule has 2 heterocycles. The number of H-pyrrole nitrogens is 1. The summed E-state index contributed by atoms with van der Waals surface area (Å²) >= 11 is 6.52. The van der Waals surface area contributed by atoms with Gasteiger partial charge in [0.05, 0.1) is 11.3 Å². The highest BCUT2D eigenvalue weighted by molar-refractivity contribution is 6.34. The number of amides is 1. The van der Waals surface area contributed by atoms with Crippen LogP contribution < -0.4 is 5.32 Å². The van der Waals surface area contributed by atoms with Crippen LogP contribution in [-0.2, 0) is 16.8 Å². The zero-order valence-corrected chi connectivity index (χ0v) is 25.2. The van der Waals surface area contributed by atoms with E-state index in [9.17, 15) is 9.90 Å². The molecule has 8 heteroatoms. The Kier molecular flexibility index (Phi) is 12.2. The molecular weight excluding hydrogens is 510 g/mol. The maximum absolute atomic E-state index is 12.3. The van der Waals surface area contributed by atoms with Gasteiger partial charge in [-0.3, -0.25) is 4.79 Å². The molecule has 0 aliphatic carbocycles. The van der Waals surface area contributed by atoms with E-state index in [1.807, 2.05) is 26.8 Å². The van der Waals surface area contributed by atoms with Crippen LogP contribution in [0.1, 0.15) is 129 Å². The summed E-state index contributed by atoms with van der Waals surface area (Å²) in [5.41, 5.74) is 2.55. The number of aromatic hydroxyl groups is 1. The molecular formula is C31H48ClN5O2. The van der Waals surface area contributed by atoms with Crippen LogP contribution in [0.25, 0.3) is 17.0 Å². The van der Waals surface area contributed by atoms with Crippen molar-refractivity contribution in [2.24, 2.45) is 0 Å². The maximum Gasteiger partial charge on any atom is 0.220 e. The zero-order chi connectivity index (χ0) is 28.3. The molecule has 0 fully saturated rings. The summed E-state index contributed by atoms with van der Waals surface area (Å²) in [4.78, 5) is 15.4. The van der Waals surface area contributed by atoms with Crippen molar-refractivity contribution in [3.05, 3.63) is 34.5 Å². The minimum Gasteiger partial charge on any atom is -0.507 e. The number of fused-ring (bicyclic) bond motifs is 1. The molecule has 2 aromatic heterocycles. The van der Waals surface area contributed by atoms with Gasteiger partial charge in [0.2, 0.25) is 5.91 Å². The van der Waals surface area contributed by atoms with Crippen molar-refractivity contribution >= 4 is 23.2 Å². The average Bonchev–Trinajstić information content (AvgIpc) is 3.44. The van der Waals surface area contributed by atoms with Gasteiger partial charge in [-0.2, -0.15) is 5.10 Å². The molecule has 0 saturated heterocycles. The lowest BCUT2D eigenvalue weighted by molar-refractivity contribution is -0.121. The Balaban J connectivity index is 1.33.